The zero-order valence-electron chi connectivity index (χ0n) is 9.87. The molecule has 0 aromatic heterocycles. The van der Waals surface area contributed by atoms with E-state index in [0.717, 1.165) is 14.2 Å². The van der Waals surface area contributed by atoms with Crippen molar-refractivity contribution in [2.45, 2.75) is 0 Å². The Morgan fingerprint density at radius 3 is 1.58 bits per heavy atom. The van der Waals surface area contributed by atoms with Gasteiger partial charge < -0.3 is 18.9 Å². The van der Waals surface area contributed by atoms with Crippen LogP contribution in [0.5, 0.6) is 23.0 Å². The van der Waals surface area contributed by atoms with Crippen molar-refractivity contribution in [3.8, 4) is 23.0 Å². The second kappa shape index (κ2) is 4.48. The highest BCUT2D eigenvalue weighted by atomic mass is 16.7. The zero-order chi connectivity index (χ0) is 14.2. The molecule has 19 heavy (non-hydrogen) atoms. The minimum Gasteiger partial charge on any atom is -0.487 e. The number of nitro benzene ring substituents is 2. The third-order valence-electron chi connectivity index (χ3n) is 2.45. The maximum atomic E-state index is 11.0. The predicted octanol–water partition coefficient (Wildman–Crippen LogP) is 1.25. The standard InChI is InChI=1S/C9H8N2O8/c1-16-6-4(10(12)13)5(11(14)15)7(17-2)9-8(6)18-3-19-9/h3H2,1-2H3. The molecule has 0 atom stereocenters. The molecule has 0 N–H and O–H groups in total. The maximum absolute atomic E-state index is 11.0. The summed E-state index contributed by atoms with van der Waals surface area (Å²) < 4.78 is 19.7. The molecule has 0 aliphatic carbocycles. The van der Waals surface area contributed by atoms with Crippen molar-refractivity contribution in [1.82, 2.24) is 0 Å². The summed E-state index contributed by atoms with van der Waals surface area (Å²) in [5, 5.41) is 22.1. The van der Waals surface area contributed by atoms with Gasteiger partial charge in [0.1, 0.15) is 0 Å². The van der Waals surface area contributed by atoms with E-state index in [-0.39, 0.29) is 29.8 Å². The Bertz CT molecular complexity index is 521. The van der Waals surface area contributed by atoms with Gasteiger partial charge in [-0.25, -0.2) is 0 Å². The lowest BCUT2D eigenvalue weighted by atomic mass is 10.2. The van der Waals surface area contributed by atoms with E-state index < -0.39 is 21.2 Å². The normalized spacial score (nSPS) is 12.1. The van der Waals surface area contributed by atoms with E-state index in [1.807, 2.05) is 0 Å². The molecule has 0 saturated heterocycles. The summed E-state index contributed by atoms with van der Waals surface area (Å²) in [6.45, 7) is -0.236. The van der Waals surface area contributed by atoms with E-state index in [1.165, 1.54) is 0 Å². The fourth-order valence-corrected chi connectivity index (χ4v) is 1.76. The molecular formula is C9H8N2O8. The quantitative estimate of drug-likeness (QED) is 0.592. The third kappa shape index (κ3) is 1.73. The van der Waals surface area contributed by atoms with Crippen molar-refractivity contribution in [3.05, 3.63) is 20.2 Å². The maximum Gasteiger partial charge on any atom is 0.395 e. The highest BCUT2D eigenvalue weighted by Crippen LogP contribution is 2.58. The van der Waals surface area contributed by atoms with Crippen molar-refractivity contribution in [3.63, 3.8) is 0 Å². The largest absolute Gasteiger partial charge is 0.487 e. The minimum atomic E-state index is -0.929. The second-order valence-electron chi connectivity index (χ2n) is 3.34. The van der Waals surface area contributed by atoms with Crippen molar-refractivity contribution < 1.29 is 28.8 Å². The van der Waals surface area contributed by atoms with Crippen LogP contribution in [0.1, 0.15) is 0 Å². The minimum absolute atomic E-state index is 0.0864. The van der Waals surface area contributed by atoms with Crippen LogP contribution >= 0.6 is 0 Å². The molecule has 1 aliphatic rings. The smallest absolute Gasteiger partial charge is 0.395 e. The molecule has 0 radical (unpaired) electrons. The SMILES string of the molecule is COc1c2c(c(OC)c([N+](=O)[O-])c1[N+](=O)[O-])OCO2. The number of methoxy groups -OCH3 is 2. The van der Waals surface area contributed by atoms with Gasteiger partial charge in [0.25, 0.3) is 11.5 Å². The highest BCUT2D eigenvalue weighted by Gasteiger charge is 2.44. The Kier molecular flexibility index (Phi) is 2.99. The van der Waals surface area contributed by atoms with Crippen molar-refractivity contribution in [1.29, 1.82) is 0 Å². The second-order valence-corrected chi connectivity index (χ2v) is 3.34. The van der Waals surface area contributed by atoms with E-state index in [0.29, 0.717) is 0 Å². The molecule has 1 heterocycles. The van der Waals surface area contributed by atoms with Gasteiger partial charge in [0.15, 0.2) is 0 Å². The Hall–Kier alpha value is -2.78. The van der Waals surface area contributed by atoms with Crippen LogP contribution in [0.4, 0.5) is 11.4 Å². The topological polar surface area (TPSA) is 123 Å². The van der Waals surface area contributed by atoms with Crippen LogP contribution in [0.2, 0.25) is 0 Å². The zero-order valence-corrected chi connectivity index (χ0v) is 9.87. The number of hydrogen-bond donors (Lipinski definition) is 0. The Balaban J connectivity index is 2.91. The van der Waals surface area contributed by atoms with Gasteiger partial charge in [-0.2, -0.15) is 0 Å². The van der Waals surface area contributed by atoms with Gasteiger partial charge in [0.05, 0.1) is 24.1 Å². The first-order valence-electron chi connectivity index (χ1n) is 4.89. The van der Waals surface area contributed by atoms with Crippen LogP contribution in [0.15, 0.2) is 0 Å². The first-order chi connectivity index (χ1) is 9.02. The monoisotopic (exact) mass is 272 g/mol. The number of ether oxygens (including phenoxy) is 4. The summed E-state index contributed by atoms with van der Waals surface area (Å²) in [7, 11) is 2.28. The molecule has 1 aliphatic heterocycles. The number of hydrogen-bond acceptors (Lipinski definition) is 8. The average molecular weight is 272 g/mol. The summed E-state index contributed by atoms with van der Waals surface area (Å²) >= 11 is 0. The van der Waals surface area contributed by atoms with Gasteiger partial charge in [0.2, 0.25) is 18.3 Å². The average Bonchev–Trinajstić information content (AvgIpc) is 2.83. The summed E-state index contributed by atoms with van der Waals surface area (Å²) in [5.41, 5.74) is -1.68. The first-order valence-corrected chi connectivity index (χ1v) is 4.89. The van der Waals surface area contributed by atoms with Crippen molar-refractivity contribution in [2.75, 3.05) is 21.0 Å². The fourth-order valence-electron chi connectivity index (χ4n) is 1.76. The number of rotatable bonds is 4. The molecule has 10 heteroatoms. The molecule has 10 nitrogen and oxygen atoms in total. The van der Waals surface area contributed by atoms with Crippen LogP contribution in [-0.4, -0.2) is 30.9 Å². The molecule has 0 bridgehead atoms. The number of fused-ring (bicyclic) bond motifs is 1. The van der Waals surface area contributed by atoms with Gasteiger partial charge in [-0.1, -0.05) is 0 Å². The van der Waals surface area contributed by atoms with Crippen LogP contribution in [0.25, 0.3) is 0 Å². The lowest BCUT2D eigenvalue weighted by Gasteiger charge is -2.09. The number of nitro groups is 2. The highest BCUT2D eigenvalue weighted by molar-refractivity contribution is 5.80. The van der Waals surface area contributed by atoms with Crippen LogP contribution < -0.4 is 18.9 Å². The van der Waals surface area contributed by atoms with Crippen LogP contribution in [-0.2, 0) is 0 Å². The van der Waals surface area contributed by atoms with E-state index in [1.54, 1.807) is 0 Å². The first kappa shape index (κ1) is 12.7. The molecule has 1 aromatic rings. The molecule has 0 saturated carbocycles. The molecular weight excluding hydrogens is 264 g/mol. The van der Waals surface area contributed by atoms with Gasteiger partial charge >= 0.3 is 11.4 Å². The summed E-state index contributed by atoms with van der Waals surface area (Å²) in [4.78, 5) is 20.2. The van der Waals surface area contributed by atoms with E-state index in [2.05, 4.69) is 0 Å². The molecule has 0 spiro atoms. The van der Waals surface area contributed by atoms with Crippen LogP contribution in [0, 0.1) is 20.2 Å². The lowest BCUT2D eigenvalue weighted by Crippen LogP contribution is -2.03. The molecule has 0 fully saturated rings. The number of benzene rings is 1. The molecule has 1 aromatic carbocycles. The van der Waals surface area contributed by atoms with E-state index in [9.17, 15) is 20.2 Å². The van der Waals surface area contributed by atoms with E-state index >= 15 is 0 Å². The summed E-state index contributed by atoms with van der Waals surface area (Å²) in [6.07, 6.45) is 0. The Morgan fingerprint density at radius 2 is 1.32 bits per heavy atom. The van der Waals surface area contributed by atoms with Crippen molar-refractivity contribution >= 4 is 11.4 Å². The predicted molar refractivity (Wildman–Crippen MR) is 59.0 cm³/mol. The van der Waals surface area contributed by atoms with Crippen LogP contribution in [0.3, 0.4) is 0 Å². The van der Waals surface area contributed by atoms with Gasteiger partial charge in [-0.15, -0.1) is 0 Å². The Labute approximate surface area is 105 Å². The van der Waals surface area contributed by atoms with Gasteiger partial charge in [-0.3, -0.25) is 20.2 Å². The fraction of sp³-hybridized carbons (Fsp3) is 0.333. The van der Waals surface area contributed by atoms with E-state index in [4.69, 9.17) is 18.9 Å². The molecule has 0 unspecified atom stereocenters. The Morgan fingerprint density at radius 1 is 0.947 bits per heavy atom. The third-order valence-corrected chi connectivity index (χ3v) is 2.45. The van der Waals surface area contributed by atoms with Crippen molar-refractivity contribution in [2.24, 2.45) is 0 Å². The molecule has 0 amide bonds. The number of nitrogens with zero attached hydrogens (tertiary/aromatic N) is 2. The lowest BCUT2D eigenvalue weighted by molar-refractivity contribution is -0.423. The molecule has 102 valence electrons. The van der Waals surface area contributed by atoms with Gasteiger partial charge in [-0.05, 0) is 0 Å². The molecule has 2 rings (SSSR count). The van der Waals surface area contributed by atoms with Gasteiger partial charge in [0, 0.05) is 0 Å². The summed E-state index contributed by atoms with van der Waals surface area (Å²) in [5.74, 6) is -0.914. The summed E-state index contributed by atoms with van der Waals surface area (Å²) in [6, 6.07) is 0.